The molecule has 0 saturated carbocycles. The zero-order valence-electron chi connectivity index (χ0n) is 14.5. The van der Waals surface area contributed by atoms with Gasteiger partial charge in [-0.15, -0.1) is 0 Å². The Bertz CT molecular complexity index is 882. The Labute approximate surface area is 154 Å². The lowest BCUT2D eigenvalue weighted by molar-refractivity contribution is -0.137. The molecule has 4 rings (SSSR count). The van der Waals surface area contributed by atoms with Crippen molar-refractivity contribution in [3.63, 3.8) is 0 Å². The first-order valence-corrected chi connectivity index (χ1v) is 8.89. The topological polar surface area (TPSA) is 52.6 Å². The third-order valence-electron chi connectivity index (χ3n) is 5.29. The highest BCUT2D eigenvalue weighted by atomic mass is 19.4. The lowest BCUT2D eigenvalue weighted by Gasteiger charge is -2.38. The molecule has 1 saturated heterocycles. The summed E-state index contributed by atoms with van der Waals surface area (Å²) >= 11 is 0. The minimum absolute atomic E-state index is 0.0279. The fraction of sp³-hybridized carbons (Fsp3) is 0.350. The van der Waals surface area contributed by atoms with Crippen LogP contribution in [0.5, 0.6) is 5.75 Å². The van der Waals surface area contributed by atoms with Gasteiger partial charge in [0.15, 0.2) is 0 Å². The standard InChI is InChI=1S/C20H19F3N2O2/c21-20(22,23)13-6-7-16-15(10-13)18(25-8-2-5-19(25)27)11-17(24-16)12-3-1-4-14(26)9-12/h1,3-4,6-7,9-10,17-18,24,26H,2,5,8,11H2/t17-,18+/m1/s1. The normalized spacial score (nSPS) is 22.5. The minimum Gasteiger partial charge on any atom is -0.508 e. The molecule has 2 aliphatic rings. The van der Waals surface area contributed by atoms with Crippen LogP contribution >= 0.6 is 0 Å². The van der Waals surface area contributed by atoms with E-state index in [1.165, 1.54) is 6.07 Å². The van der Waals surface area contributed by atoms with Gasteiger partial charge in [0.1, 0.15) is 5.75 Å². The van der Waals surface area contributed by atoms with Crippen molar-refractivity contribution >= 4 is 11.6 Å². The van der Waals surface area contributed by atoms with Crippen LogP contribution in [-0.2, 0) is 11.0 Å². The van der Waals surface area contributed by atoms with E-state index in [4.69, 9.17) is 0 Å². The van der Waals surface area contributed by atoms with Gasteiger partial charge in [-0.3, -0.25) is 4.79 Å². The van der Waals surface area contributed by atoms with E-state index in [2.05, 4.69) is 5.32 Å². The van der Waals surface area contributed by atoms with Crippen molar-refractivity contribution < 1.29 is 23.1 Å². The van der Waals surface area contributed by atoms with Crippen LogP contribution in [-0.4, -0.2) is 22.5 Å². The first kappa shape index (κ1) is 17.7. The SMILES string of the molecule is O=C1CCCN1[C@H]1C[C@H](c2cccc(O)c2)Nc2ccc(C(F)(F)F)cc21. The summed E-state index contributed by atoms with van der Waals surface area (Å²) in [5, 5.41) is 13.0. The molecule has 0 bridgehead atoms. The average Bonchev–Trinajstić information content (AvgIpc) is 3.05. The number of carbonyl (C=O) groups excluding carboxylic acids is 1. The van der Waals surface area contributed by atoms with Gasteiger partial charge in [-0.1, -0.05) is 12.1 Å². The maximum atomic E-state index is 13.2. The first-order valence-electron chi connectivity index (χ1n) is 8.89. The number of phenolic OH excluding ortho intramolecular Hbond substituents is 1. The molecule has 2 heterocycles. The molecule has 142 valence electrons. The largest absolute Gasteiger partial charge is 0.508 e. The van der Waals surface area contributed by atoms with E-state index < -0.39 is 17.8 Å². The highest BCUT2D eigenvalue weighted by Crippen LogP contribution is 2.45. The highest BCUT2D eigenvalue weighted by Gasteiger charge is 2.38. The molecule has 0 aliphatic carbocycles. The van der Waals surface area contributed by atoms with E-state index in [-0.39, 0.29) is 17.7 Å². The van der Waals surface area contributed by atoms with Crippen molar-refractivity contribution in [2.24, 2.45) is 0 Å². The molecule has 0 unspecified atom stereocenters. The molecule has 0 aromatic heterocycles. The summed E-state index contributed by atoms with van der Waals surface area (Å²) in [6.07, 6.45) is -2.84. The lowest BCUT2D eigenvalue weighted by atomic mass is 9.87. The van der Waals surface area contributed by atoms with Crippen molar-refractivity contribution in [1.29, 1.82) is 0 Å². The smallest absolute Gasteiger partial charge is 0.416 e. The number of phenols is 1. The molecular weight excluding hydrogens is 357 g/mol. The fourth-order valence-electron chi connectivity index (χ4n) is 4.00. The summed E-state index contributed by atoms with van der Waals surface area (Å²) in [7, 11) is 0. The van der Waals surface area contributed by atoms with Crippen molar-refractivity contribution in [1.82, 2.24) is 4.90 Å². The summed E-state index contributed by atoms with van der Waals surface area (Å²) in [6.45, 7) is 0.548. The van der Waals surface area contributed by atoms with Crippen LogP contribution in [0.2, 0.25) is 0 Å². The van der Waals surface area contributed by atoms with Crippen LogP contribution < -0.4 is 5.32 Å². The Balaban J connectivity index is 1.77. The third-order valence-corrected chi connectivity index (χ3v) is 5.29. The maximum Gasteiger partial charge on any atom is 0.416 e. The molecule has 2 N–H and O–H groups in total. The maximum absolute atomic E-state index is 13.2. The number of hydrogen-bond donors (Lipinski definition) is 2. The molecule has 27 heavy (non-hydrogen) atoms. The van der Waals surface area contributed by atoms with Gasteiger partial charge in [0.25, 0.3) is 0 Å². The van der Waals surface area contributed by atoms with Gasteiger partial charge in [-0.2, -0.15) is 13.2 Å². The minimum atomic E-state index is -4.43. The summed E-state index contributed by atoms with van der Waals surface area (Å²) in [4.78, 5) is 14.0. The van der Waals surface area contributed by atoms with E-state index in [0.29, 0.717) is 37.1 Å². The van der Waals surface area contributed by atoms with Gasteiger partial charge in [0, 0.05) is 18.7 Å². The van der Waals surface area contributed by atoms with Gasteiger partial charge < -0.3 is 15.3 Å². The Hall–Kier alpha value is -2.70. The number of rotatable bonds is 2. The fourth-order valence-corrected chi connectivity index (χ4v) is 4.00. The predicted octanol–water partition coefficient (Wildman–Crippen LogP) is 4.63. The van der Waals surface area contributed by atoms with Crippen LogP contribution in [0.3, 0.4) is 0 Å². The molecular formula is C20H19F3N2O2. The number of fused-ring (bicyclic) bond motifs is 1. The van der Waals surface area contributed by atoms with Gasteiger partial charge >= 0.3 is 6.18 Å². The van der Waals surface area contributed by atoms with Crippen molar-refractivity contribution in [2.75, 3.05) is 11.9 Å². The van der Waals surface area contributed by atoms with Crippen LogP contribution in [0.25, 0.3) is 0 Å². The van der Waals surface area contributed by atoms with Crippen LogP contribution in [0.4, 0.5) is 18.9 Å². The van der Waals surface area contributed by atoms with Crippen LogP contribution in [0.15, 0.2) is 42.5 Å². The summed E-state index contributed by atoms with van der Waals surface area (Å²) < 4.78 is 39.6. The molecule has 4 nitrogen and oxygen atoms in total. The summed E-state index contributed by atoms with van der Waals surface area (Å²) in [5.41, 5.74) is 1.21. The number of halogens is 3. The highest BCUT2D eigenvalue weighted by molar-refractivity contribution is 5.79. The van der Waals surface area contributed by atoms with Crippen molar-refractivity contribution in [2.45, 2.75) is 37.5 Å². The van der Waals surface area contributed by atoms with Gasteiger partial charge in [0.05, 0.1) is 17.6 Å². The van der Waals surface area contributed by atoms with E-state index in [9.17, 15) is 23.1 Å². The monoisotopic (exact) mass is 376 g/mol. The number of carbonyl (C=O) groups is 1. The number of likely N-dealkylation sites (tertiary alicyclic amines) is 1. The van der Waals surface area contributed by atoms with E-state index in [1.54, 1.807) is 23.1 Å². The molecule has 0 radical (unpaired) electrons. The zero-order valence-corrected chi connectivity index (χ0v) is 14.5. The second-order valence-electron chi connectivity index (χ2n) is 7.03. The van der Waals surface area contributed by atoms with Gasteiger partial charge in [0.2, 0.25) is 5.91 Å². The van der Waals surface area contributed by atoms with Crippen molar-refractivity contribution in [3.05, 3.63) is 59.2 Å². The summed E-state index contributed by atoms with van der Waals surface area (Å²) in [6, 6.07) is 9.79. The van der Waals surface area contributed by atoms with E-state index >= 15 is 0 Å². The third kappa shape index (κ3) is 3.34. The molecule has 2 atom stereocenters. The predicted molar refractivity (Wildman–Crippen MR) is 94.2 cm³/mol. The van der Waals surface area contributed by atoms with E-state index in [0.717, 1.165) is 17.7 Å². The lowest BCUT2D eigenvalue weighted by Crippen LogP contribution is -2.35. The Kier molecular flexibility index (Phi) is 4.25. The summed E-state index contributed by atoms with van der Waals surface area (Å²) in [5.74, 6) is 0.0984. The second-order valence-corrected chi connectivity index (χ2v) is 7.03. The number of nitrogens with zero attached hydrogens (tertiary/aromatic N) is 1. The molecule has 2 aliphatic heterocycles. The first-order chi connectivity index (χ1) is 12.8. The number of amides is 1. The number of anilines is 1. The zero-order chi connectivity index (χ0) is 19.2. The number of hydrogen-bond acceptors (Lipinski definition) is 3. The number of benzene rings is 2. The quantitative estimate of drug-likeness (QED) is 0.803. The molecule has 1 fully saturated rings. The van der Waals surface area contributed by atoms with Crippen LogP contribution in [0, 0.1) is 0 Å². The number of nitrogens with one attached hydrogen (secondary N) is 1. The Morgan fingerprint density at radius 1 is 1.15 bits per heavy atom. The van der Waals surface area contributed by atoms with Gasteiger partial charge in [-0.05, 0) is 54.3 Å². The molecule has 7 heteroatoms. The Morgan fingerprint density at radius 3 is 2.63 bits per heavy atom. The number of aromatic hydroxyl groups is 1. The molecule has 0 spiro atoms. The second kappa shape index (κ2) is 6.48. The molecule has 1 amide bonds. The van der Waals surface area contributed by atoms with Crippen molar-refractivity contribution in [3.8, 4) is 5.75 Å². The molecule has 2 aromatic carbocycles. The van der Waals surface area contributed by atoms with Gasteiger partial charge in [-0.25, -0.2) is 0 Å². The average molecular weight is 376 g/mol. The molecule has 2 aromatic rings. The van der Waals surface area contributed by atoms with E-state index in [1.807, 2.05) is 6.07 Å². The number of alkyl halides is 3. The van der Waals surface area contributed by atoms with Crippen LogP contribution in [0.1, 0.15) is 48.0 Å². The Morgan fingerprint density at radius 2 is 1.96 bits per heavy atom.